The number of rotatable bonds is 2. The molecule has 1 heteroatoms. The van der Waals surface area contributed by atoms with E-state index in [-0.39, 0.29) is 5.41 Å². The Balaban J connectivity index is 1.09. The van der Waals surface area contributed by atoms with Crippen LogP contribution in [-0.4, -0.2) is 4.57 Å². The summed E-state index contributed by atoms with van der Waals surface area (Å²) in [5, 5.41) is 13.0. The molecule has 10 aromatic rings. The molecule has 0 unspecified atom stereocenters. The third-order valence-corrected chi connectivity index (χ3v) is 11.6. The fourth-order valence-corrected chi connectivity index (χ4v) is 9.16. The van der Waals surface area contributed by atoms with E-state index in [1.54, 1.807) is 0 Å². The zero-order valence-corrected chi connectivity index (χ0v) is 28.0. The first kappa shape index (κ1) is 27.7. The first-order valence-corrected chi connectivity index (χ1v) is 17.6. The second-order valence-corrected chi connectivity index (χ2v) is 14.5. The Morgan fingerprint density at radius 2 is 0.880 bits per heavy atom. The molecular weight excluding hydrogens is 603 g/mol. The highest BCUT2D eigenvalue weighted by molar-refractivity contribution is 6.27. The van der Waals surface area contributed by atoms with Gasteiger partial charge in [0.1, 0.15) is 0 Å². The highest BCUT2D eigenvalue weighted by Gasteiger charge is 2.36. The molecule has 0 spiro atoms. The van der Waals surface area contributed by atoms with Crippen LogP contribution in [0, 0.1) is 0 Å². The Labute approximate surface area is 290 Å². The fourth-order valence-electron chi connectivity index (χ4n) is 9.16. The first-order chi connectivity index (χ1) is 24.6. The first-order valence-electron chi connectivity index (χ1n) is 17.6. The van der Waals surface area contributed by atoms with Crippen molar-refractivity contribution in [3.8, 4) is 27.9 Å². The van der Waals surface area contributed by atoms with Crippen LogP contribution in [0.5, 0.6) is 0 Å². The van der Waals surface area contributed by atoms with Gasteiger partial charge in [0.05, 0.1) is 11.0 Å². The van der Waals surface area contributed by atoms with Crippen LogP contribution in [0.2, 0.25) is 0 Å². The van der Waals surface area contributed by atoms with E-state index in [0.717, 1.165) is 0 Å². The van der Waals surface area contributed by atoms with Crippen molar-refractivity contribution in [1.82, 2.24) is 4.57 Å². The molecule has 0 amide bonds. The van der Waals surface area contributed by atoms with E-state index >= 15 is 0 Å². The van der Waals surface area contributed by atoms with E-state index in [0.29, 0.717) is 0 Å². The van der Waals surface area contributed by atoms with Crippen molar-refractivity contribution in [2.45, 2.75) is 19.3 Å². The summed E-state index contributed by atoms with van der Waals surface area (Å²) in [6, 6.07) is 61.1. The number of fused-ring (bicyclic) bond motifs is 13. The lowest BCUT2D eigenvalue weighted by Crippen LogP contribution is -2.15. The molecule has 1 aliphatic rings. The van der Waals surface area contributed by atoms with Gasteiger partial charge in [0.25, 0.3) is 0 Å². The van der Waals surface area contributed by atoms with Gasteiger partial charge in [-0.3, -0.25) is 0 Å². The van der Waals surface area contributed by atoms with E-state index in [9.17, 15) is 0 Å². The molecule has 0 radical (unpaired) electrons. The van der Waals surface area contributed by atoms with Crippen LogP contribution in [0.15, 0.2) is 164 Å². The van der Waals surface area contributed by atoms with Gasteiger partial charge in [-0.15, -0.1) is 0 Å². The van der Waals surface area contributed by atoms with Crippen molar-refractivity contribution >= 4 is 64.9 Å². The SMILES string of the molecule is CC1(C)c2cc(-c3cccc4cc5c6ccccc6c6ccccc6c5cc34)ccc2-c2ccc(-n3c4ccccc4c4ccccc43)cc21. The molecule has 50 heavy (non-hydrogen) atoms. The number of benzene rings is 9. The van der Waals surface area contributed by atoms with Crippen LogP contribution in [-0.2, 0) is 5.41 Å². The molecule has 0 atom stereocenters. The van der Waals surface area contributed by atoms with Gasteiger partial charge in [0, 0.05) is 21.9 Å². The topological polar surface area (TPSA) is 4.93 Å². The average molecular weight is 636 g/mol. The van der Waals surface area contributed by atoms with E-state index in [1.807, 2.05) is 0 Å². The number of hydrogen-bond donors (Lipinski definition) is 0. The molecule has 1 aliphatic carbocycles. The highest BCUT2D eigenvalue weighted by Crippen LogP contribution is 2.51. The molecule has 0 N–H and O–H groups in total. The molecule has 11 rings (SSSR count). The monoisotopic (exact) mass is 635 g/mol. The number of hydrogen-bond acceptors (Lipinski definition) is 0. The minimum absolute atomic E-state index is 0.151. The molecule has 0 saturated heterocycles. The van der Waals surface area contributed by atoms with Crippen molar-refractivity contribution in [2.75, 3.05) is 0 Å². The molecule has 1 heterocycles. The minimum atomic E-state index is -0.151. The summed E-state index contributed by atoms with van der Waals surface area (Å²) in [6.45, 7) is 4.79. The van der Waals surface area contributed by atoms with Crippen LogP contribution < -0.4 is 0 Å². The fraction of sp³-hybridized carbons (Fsp3) is 0.0612. The van der Waals surface area contributed by atoms with Gasteiger partial charge in [-0.2, -0.15) is 0 Å². The van der Waals surface area contributed by atoms with Gasteiger partial charge in [-0.05, 0) is 119 Å². The van der Waals surface area contributed by atoms with Gasteiger partial charge in [-0.25, -0.2) is 0 Å². The second-order valence-electron chi connectivity index (χ2n) is 14.5. The summed E-state index contributed by atoms with van der Waals surface area (Å²) in [6.07, 6.45) is 0. The second kappa shape index (κ2) is 9.94. The van der Waals surface area contributed by atoms with E-state index in [1.165, 1.54) is 104 Å². The number of para-hydroxylation sites is 2. The Kier molecular flexibility index (Phi) is 5.51. The normalized spacial score (nSPS) is 13.6. The van der Waals surface area contributed by atoms with Crippen molar-refractivity contribution in [3.05, 3.63) is 175 Å². The standard InChI is InChI=1S/C49H33N/c1-49(2)45-27-31(33-19-11-12-30-26-43-36-15-5-3-13-34(36)35-14-4-6-16-37(35)44(43)29-42(30)33)22-24-38(45)39-25-23-32(28-46(39)49)50-47-20-9-7-17-40(47)41-18-8-10-21-48(41)50/h3-29H,1-2H3. The van der Waals surface area contributed by atoms with E-state index in [2.05, 4.69) is 182 Å². The minimum Gasteiger partial charge on any atom is -0.309 e. The summed E-state index contributed by atoms with van der Waals surface area (Å²) < 4.78 is 2.43. The van der Waals surface area contributed by atoms with Crippen LogP contribution in [0.3, 0.4) is 0 Å². The van der Waals surface area contributed by atoms with Crippen molar-refractivity contribution < 1.29 is 0 Å². The van der Waals surface area contributed by atoms with Crippen molar-refractivity contribution in [2.24, 2.45) is 0 Å². The summed E-state index contributed by atoms with van der Waals surface area (Å²) in [5.74, 6) is 0. The summed E-state index contributed by atoms with van der Waals surface area (Å²) in [7, 11) is 0. The van der Waals surface area contributed by atoms with E-state index in [4.69, 9.17) is 0 Å². The maximum absolute atomic E-state index is 2.47. The molecule has 1 nitrogen and oxygen atoms in total. The lowest BCUT2D eigenvalue weighted by molar-refractivity contribution is 0.660. The Morgan fingerprint density at radius 3 is 1.52 bits per heavy atom. The molecule has 1 aromatic heterocycles. The lowest BCUT2D eigenvalue weighted by Gasteiger charge is -2.23. The molecular formula is C49H33N. The van der Waals surface area contributed by atoms with Crippen molar-refractivity contribution in [1.29, 1.82) is 0 Å². The molecule has 0 saturated carbocycles. The largest absolute Gasteiger partial charge is 0.309 e. The van der Waals surface area contributed by atoms with Crippen LogP contribution >= 0.6 is 0 Å². The summed E-state index contributed by atoms with van der Waals surface area (Å²) in [4.78, 5) is 0. The predicted octanol–water partition coefficient (Wildman–Crippen LogP) is 13.4. The summed E-state index contributed by atoms with van der Waals surface area (Å²) >= 11 is 0. The summed E-state index contributed by atoms with van der Waals surface area (Å²) in [5.41, 5.74) is 11.5. The Morgan fingerprint density at radius 1 is 0.360 bits per heavy atom. The highest BCUT2D eigenvalue weighted by atomic mass is 15.0. The molecule has 9 aromatic carbocycles. The Hall–Kier alpha value is -6.18. The third kappa shape index (κ3) is 3.67. The maximum atomic E-state index is 2.47. The van der Waals surface area contributed by atoms with Gasteiger partial charge < -0.3 is 4.57 Å². The predicted molar refractivity (Wildman–Crippen MR) is 214 cm³/mol. The molecule has 0 fully saturated rings. The van der Waals surface area contributed by atoms with Crippen molar-refractivity contribution in [3.63, 3.8) is 0 Å². The van der Waals surface area contributed by atoms with Crippen LogP contribution in [0.4, 0.5) is 0 Å². The molecule has 234 valence electrons. The third-order valence-electron chi connectivity index (χ3n) is 11.6. The van der Waals surface area contributed by atoms with Crippen LogP contribution in [0.1, 0.15) is 25.0 Å². The zero-order chi connectivity index (χ0) is 33.1. The molecule has 0 aliphatic heterocycles. The maximum Gasteiger partial charge on any atom is 0.0541 e. The van der Waals surface area contributed by atoms with Gasteiger partial charge in [-0.1, -0.05) is 135 Å². The van der Waals surface area contributed by atoms with Gasteiger partial charge in [0.15, 0.2) is 0 Å². The van der Waals surface area contributed by atoms with Crippen LogP contribution in [0.25, 0.3) is 92.8 Å². The lowest BCUT2D eigenvalue weighted by atomic mass is 9.81. The molecule has 0 bridgehead atoms. The van der Waals surface area contributed by atoms with Gasteiger partial charge >= 0.3 is 0 Å². The zero-order valence-electron chi connectivity index (χ0n) is 28.0. The average Bonchev–Trinajstić information content (AvgIpc) is 3.62. The van der Waals surface area contributed by atoms with Gasteiger partial charge in [0.2, 0.25) is 0 Å². The smallest absolute Gasteiger partial charge is 0.0541 e. The quantitative estimate of drug-likeness (QED) is 0.132. The Bertz CT molecular complexity index is 3010. The number of nitrogens with zero attached hydrogens (tertiary/aromatic N) is 1. The van der Waals surface area contributed by atoms with E-state index < -0.39 is 0 Å². The number of aromatic nitrogens is 1.